The lowest BCUT2D eigenvalue weighted by Crippen LogP contribution is -2.38. The fraction of sp³-hybridized carbons (Fsp3) is 0.318. The molecule has 0 N–H and O–H groups in total. The maximum Gasteiger partial charge on any atom is 0.273 e. The van der Waals surface area contributed by atoms with E-state index >= 15 is 0 Å². The van der Waals surface area contributed by atoms with Crippen molar-refractivity contribution in [2.45, 2.75) is 25.3 Å². The fourth-order valence-electron chi connectivity index (χ4n) is 3.67. The largest absolute Gasteiger partial charge is 0.467 e. The van der Waals surface area contributed by atoms with Crippen molar-refractivity contribution < 1.29 is 18.4 Å². The zero-order valence-corrected chi connectivity index (χ0v) is 18.5. The zero-order chi connectivity index (χ0) is 22.0. The van der Waals surface area contributed by atoms with E-state index in [1.807, 2.05) is 6.07 Å². The van der Waals surface area contributed by atoms with Crippen molar-refractivity contribution in [1.29, 1.82) is 0 Å². The summed E-state index contributed by atoms with van der Waals surface area (Å²) >= 11 is 7.49. The molecule has 6 nitrogen and oxygen atoms in total. The van der Waals surface area contributed by atoms with Crippen LogP contribution in [0.1, 0.15) is 50.4 Å². The maximum atomic E-state index is 14.1. The Bertz CT molecular complexity index is 1060. The third-order valence-corrected chi connectivity index (χ3v) is 6.69. The predicted molar refractivity (Wildman–Crippen MR) is 116 cm³/mol. The second-order valence-electron chi connectivity index (χ2n) is 7.47. The van der Waals surface area contributed by atoms with Gasteiger partial charge in [0.15, 0.2) is 0 Å². The minimum absolute atomic E-state index is 0.0793. The van der Waals surface area contributed by atoms with E-state index in [1.165, 1.54) is 29.5 Å². The van der Waals surface area contributed by atoms with Crippen molar-refractivity contribution in [3.63, 3.8) is 0 Å². The van der Waals surface area contributed by atoms with Gasteiger partial charge in [-0.25, -0.2) is 9.37 Å². The molecule has 0 spiro atoms. The van der Waals surface area contributed by atoms with Gasteiger partial charge in [-0.3, -0.25) is 9.59 Å². The number of rotatable bonds is 5. The number of likely N-dealkylation sites (tertiary alicyclic amines) is 1. The highest BCUT2D eigenvalue weighted by Gasteiger charge is 2.29. The summed E-state index contributed by atoms with van der Waals surface area (Å²) < 4.78 is 19.4. The maximum absolute atomic E-state index is 14.1. The molecular weight excluding hydrogens is 441 g/mol. The lowest BCUT2D eigenvalue weighted by molar-refractivity contribution is 0.0708. The molecule has 4 rings (SSSR count). The molecule has 162 valence electrons. The van der Waals surface area contributed by atoms with Crippen molar-refractivity contribution in [2.24, 2.45) is 0 Å². The van der Waals surface area contributed by atoms with Gasteiger partial charge in [0, 0.05) is 31.4 Å². The summed E-state index contributed by atoms with van der Waals surface area (Å²) in [6.07, 6.45) is 2.97. The summed E-state index contributed by atoms with van der Waals surface area (Å²) in [4.78, 5) is 33.1. The molecule has 0 bridgehead atoms. The highest BCUT2D eigenvalue weighted by molar-refractivity contribution is 7.09. The molecule has 0 atom stereocenters. The number of carbonyl (C=O) groups excluding carboxylic acids is 2. The number of nitrogens with zero attached hydrogens (tertiary/aromatic N) is 3. The lowest BCUT2D eigenvalue weighted by atomic mass is 9.97. The van der Waals surface area contributed by atoms with Gasteiger partial charge in [0.25, 0.3) is 11.8 Å². The Hall–Kier alpha value is -2.71. The smallest absolute Gasteiger partial charge is 0.273 e. The molecule has 0 radical (unpaired) electrons. The molecule has 0 unspecified atom stereocenters. The monoisotopic (exact) mass is 461 g/mol. The normalized spacial score (nSPS) is 14.6. The molecule has 3 aromatic rings. The summed E-state index contributed by atoms with van der Waals surface area (Å²) in [6, 6.07) is 7.84. The summed E-state index contributed by atoms with van der Waals surface area (Å²) in [7, 11) is 1.71. The van der Waals surface area contributed by atoms with Crippen molar-refractivity contribution in [1.82, 2.24) is 14.8 Å². The van der Waals surface area contributed by atoms with Crippen LogP contribution in [0.2, 0.25) is 5.02 Å². The second-order valence-corrected chi connectivity index (χ2v) is 8.77. The Morgan fingerprint density at radius 3 is 2.74 bits per heavy atom. The number of thiazole rings is 1. The first-order chi connectivity index (χ1) is 14.9. The molecule has 2 amide bonds. The van der Waals surface area contributed by atoms with Gasteiger partial charge in [0.2, 0.25) is 0 Å². The third kappa shape index (κ3) is 4.65. The van der Waals surface area contributed by atoms with Crippen LogP contribution in [-0.4, -0.2) is 46.7 Å². The van der Waals surface area contributed by atoms with Gasteiger partial charge in [-0.2, -0.15) is 0 Å². The Morgan fingerprint density at radius 1 is 1.29 bits per heavy atom. The van der Waals surface area contributed by atoms with Crippen LogP contribution >= 0.6 is 22.9 Å². The Balaban J connectivity index is 1.37. The van der Waals surface area contributed by atoms with E-state index in [2.05, 4.69) is 4.98 Å². The molecule has 9 heteroatoms. The number of hydrogen-bond donors (Lipinski definition) is 0. The Labute approximate surface area is 188 Å². The number of halogens is 2. The van der Waals surface area contributed by atoms with E-state index in [0.29, 0.717) is 43.9 Å². The predicted octanol–water partition coefficient (Wildman–Crippen LogP) is 4.82. The first kappa shape index (κ1) is 21.5. The lowest BCUT2D eigenvalue weighted by Gasteiger charge is -2.31. The molecule has 1 aliphatic heterocycles. The first-order valence-corrected chi connectivity index (χ1v) is 11.2. The zero-order valence-electron chi connectivity index (χ0n) is 16.9. The number of aromatic nitrogens is 1. The van der Waals surface area contributed by atoms with E-state index in [1.54, 1.807) is 34.6 Å². The quantitative estimate of drug-likeness (QED) is 0.546. The molecule has 1 aliphatic rings. The molecule has 1 fully saturated rings. The summed E-state index contributed by atoms with van der Waals surface area (Å²) in [5, 5.41) is 2.77. The fourth-order valence-corrected chi connectivity index (χ4v) is 4.88. The van der Waals surface area contributed by atoms with Crippen molar-refractivity contribution in [3.8, 4) is 0 Å². The van der Waals surface area contributed by atoms with Gasteiger partial charge in [0.1, 0.15) is 17.3 Å². The number of hydrogen-bond acceptors (Lipinski definition) is 5. The minimum atomic E-state index is -0.610. The standard InChI is InChI=1S/C22H21ClFN3O3S/c1-26(12-15-4-3-11-30-15)21(28)18-13-31-20(25-18)14-7-9-27(10-8-14)22(29)19-16(23)5-2-6-17(19)24/h2-6,11,13-14H,7-10,12H2,1H3. The van der Waals surface area contributed by atoms with Crippen LogP contribution in [-0.2, 0) is 6.54 Å². The van der Waals surface area contributed by atoms with Gasteiger partial charge < -0.3 is 14.2 Å². The number of amides is 2. The molecular formula is C22H21ClFN3O3S. The number of furan rings is 1. The average molecular weight is 462 g/mol. The second kappa shape index (κ2) is 9.20. The van der Waals surface area contributed by atoms with E-state index in [-0.39, 0.29) is 22.4 Å². The molecule has 0 saturated carbocycles. The number of carbonyl (C=O) groups is 2. The molecule has 2 aromatic heterocycles. The van der Waals surface area contributed by atoms with Crippen LogP contribution in [0.4, 0.5) is 4.39 Å². The number of piperidine rings is 1. The topological polar surface area (TPSA) is 66.7 Å². The minimum Gasteiger partial charge on any atom is -0.467 e. The highest BCUT2D eigenvalue weighted by atomic mass is 35.5. The van der Waals surface area contributed by atoms with E-state index < -0.39 is 11.7 Å². The molecule has 31 heavy (non-hydrogen) atoms. The van der Waals surface area contributed by atoms with E-state index in [0.717, 1.165) is 5.01 Å². The summed E-state index contributed by atoms with van der Waals surface area (Å²) in [5.41, 5.74) is 0.329. The van der Waals surface area contributed by atoms with Gasteiger partial charge in [-0.05, 0) is 37.1 Å². The van der Waals surface area contributed by atoms with Crippen LogP contribution in [0.5, 0.6) is 0 Å². The van der Waals surface area contributed by atoms with Crippen LogP contribution < -0.4 is 0 Å². The van der Waals surface area contributed by atoms with E-state index in [9.17, 15) is 14.0 Å². The number of benzene rings is 1. The van der Waals surface area contributed by atoms with Crippen LogP contribution in [0.3, 0.4) is 0 Å². The van der Waals surface area contributed by atoms with Crippen LogP contribution in [0, 0.1) is 5.82 Å². The molecule has 3 heterocycles. The van der Waals surface area contributed by atoms with Crippen LogP contribution in [0.25, 0.3) is 0 Å². The summed E-state index contributed by atoms with van der Waals surface area (Å²) in [6.45, 7) is 1.34. The average Bonchev–Trinajstić information content (AvgIpc) is 3.45. The van der Waals surface area contributed by atoms with Crippen molar-refractivity contribution in [2.75, 3.05) is 20.1 Å². The van der Waals surface area contributed by atoms with Crippen molar-refractivity contribution >= 4 is 34.8 Å². The Morgan fingerprint density at radius 2 is 2.06 bits per heavy atom. The van der Waals surface area contributed by atoms with Gasteiger partial charge in [-0.15, -0.1) is 11.3 Å². The van der Waals surface area contributed by atoms with Crippen LogP contribution in [0.15, 0.2) is 46.4 Å². The SMILES string of the molecule is CN(Cc1ccco1)C(=O)c1csc(C2CCN(C(=O)c3c(F)cccc3Cl)CC2)n1. The van der Waals surface area contributed by atoms with Gasteiger partial charge >= 0.3 is 0 Å². The molecule has 0 aliphatic carbocycles. The van der Waals surface area contributed by atoms with Gasteiger partial charge in [-0.1, -0.05) is 17.7 Å². The molecule has 1 saturated heterocycles. The third-order valence-electron chi connectivity index (χ3n) is 5.37. The Kier molecular flexibility index (Phi) is 6.38. The van der Waals surface area contributed by atoms with E-state index in [4.69, 9.17) is 16.0 Å². The van der Waals surface area contributed by atoms with Gasteiger partial charge in [0.05, 0.1) is 28.4 Å². The molecule has 1 aromatic carbocycles. The highest BCUT2D eigenvalue weighted by Crippen LogP contribution is 2.32. The summed E-state index contributed by atoms with van der Waals surface area (Å²) in [5.74, 6) is -0.307. The van der Waals surface area contributed by atoms with Crippen molar-refractivity contribution in [3.05, 3.63) is 74.8 Å². The first-order valence-electron chi connectivity index (χ1n) is 9.90.